The van der Waals surface area contributed by atoms with Gasteiger partial charge in [0.2, 0.25) is 5.60 Å². The fraction of sp³-hybridized carbons (Fsp3) is 0.381. The van der Waals surface area contributed by atoms with Gasteiger partial charge in [-0.2, -0.15) is 26.3 Å². The Bertz CT molecular complexity index is 1170. The lowest BCUT2D eigenvalue weighted by Gasteiger charge is -2.41. The smallest absolute Gasteiger partial charge is 0.385 e. The molecule has 2 N–H and O–H groups in total. The molecule has 0 spiro atoms. The molecule has 0 saturated carbocycles. The van der Waals surface area contributed by atoms with Crippen LogP contribution in [0.5, 0.6) is 0 Å². The SMILES string of the molecule is C[C@@]1(c2cc(CC(=O)c3ncc(C(F)(F)F)cc3Cl)ccc2F)CO[C@@](C)(C(F)(F)F)C(N)=N1. The summed E-state index contributed by atoms with van der Waals surface area (Å²) >= 11 is 5.79. The first-order valence-corrected chi connectivity index (χ1v) is 9.97. The van der Waals surface area contributed by atoms with Gasteiger partial charge < -0.3 is 10.5 Å². The number of amidine groups is 1. The van der Waals surface area contributed by atoms with Crippen molar-refractivity contribution in [2.45, 2.75) is 43.8 Å². The Balaban J connectivity index is 1.91. The van der Waals surface area contributed by atoms with E-state index in [0.717, 1.165) is 6.07 Å². The van der Waals surface area contributed by atoms with E-state index in [0.29, 0.717) is 19.2 Å². The van der Waals surface area contributed by atoms with Crippen LogP contribution in [0.3, 0.4) is 0 Å². The van der Waals surface area contributed by atoms with Crippen molar-refractivity contribution in [2.24, 2.45) is 10.7 Å². The van der Waals surface area contributed by atoms with Gasteiger partial charge in [-0.05, 0) is 37.6 Å². The van der Waals surface area contributed by atoms with Gasteiger partial charge in [-0.15, -0.1) is 0 Å². The van der Waals surface area contributed by atoms with Crippen molar-refractivity contribution < 1.29 is 40.3 Å². The van der Waals surface area contributed by atoms with Gasteiger partial charge in [-0.1, -0.05) is 17.7 Å². The molecule has 1 aromatic carbocycles. The van der Waals surface area contributed by atoms with E-state index in [1.165, 1.54) is 19.1 Å². The number of aliphatic imine (C=N–C) groups is 1. The summed E-state index contributed by atoms with van der Waals surface area (Å²) in [5, 5.41) is -0.515. The molecule has 0 saturated heterocycles. The van der Waals surface area contributed by atoms with Crippen molar-refractivity contribution in [2.75, 3.05) is 6.61 Å². The zero-order valence-electron chi connectivity index (χ0n) is 17.6. The molecule has 0 aliphatic carbocycles. The van der Waals surface area contributed by atoms with E-state index in [2.05, 4.69) is 9.98 Å². The van der Waals surface area contributed by atoms with Crippen molar-refractivity contribution in [1.82, 2.24) is 4.98 Å². The second-order valence-corrected chi connectivity index (χ2v) is 8.46. The second kappa shape index (κ2) is 8.49. The lowest BCUT2D eigenvalue weighted by Crippen LogP contribution is -2.60. The van der Waals surface area contributed by atoms with Gasteiger partial charge in [0.25, 0.3) is 0 Å². The molecule has 13 heteroatoms. The Kier molecular flexibility index (Phi) is 6.46. The average molecular weight is 512 g/mol. The van der Waals surface area contributed by atoms with Crippen LogP contribution in [-0.4, -0.2) is 35.0 Å². The maximum atomic E-state index is 14.6. The normalized spacial score (nSPS) is 23.5. The van der Waals surface area contributed by atoms with Crippen LogP contribution in [0, 0.1) is 5.82 Å². The van der Waals surface area contributed by atoms with Crippen molar-refractivity contribution in [3.63, 3.8) is 0 Å². The molecule has 2 heterocycles. The Morgan fingerprint density at radius 2 is 1.82 bits per heavy atom. The number of hydrogen-bond donors (Lipinski definition) is 1. The van der Waals surface area contributed by atoms with Crippen molar-refractivity contribution in [1.29, 1.82) is 0 Å². The van der Waals surface area contributed by atoms with Gasteiger partial charge in [0.1, 0.15) is 22.9 Å². The minimum Gasteiger partial charge on any atom is -0.385 e. The summed E-state index contributed by atoms with van der Waals surface area (Å²) in [6.07, 6.45) is -9.53. The first kappa shape index (κ1) is 25.9. The molecule has 2 aromatic rings. The number of carbonyl (C=O) groups is 1. The number of nitrogens with two attached hydrogens (primary N) is 1. The standard InChI is InChI=1S/C21H17ClF7N3O2/c1-18(9-34-19(2,17(30)32-18)21(27,28)29)12-5-10(3-4-14(12)23)6-15(33)16-13(22)7-11(8-31-16)20(24,25)26/h3-5,7-8H,6,9H2,1-2H3,(H2,30,32)/t18-,19+/m0/s1. The van der Waals surface area contributed by atoms with E-state index < -0.39 is 70.2 Å². The highest BCUT2D eigenvalue weighted by atomic mass is 35.5. The van der Waals surface area contributed by atoms with Gasteiger partial charge in [0, 0.05) is 18.2 Å². The van der Waals surface area contributed by atoms with Crippen LogP contribution in [0.1, 0.15) is 41.0 Å². The van der Waals surface area contributed by atoms with E-state index in [4.69, 9.17) is 22.1 Å². The highest BCUT2D eigenvalue weighted by Crippen LogP contribution is 2.41. The molecule has 34 heavy (non-hydrogen) atoms. The summed E-state index contributed by atoms with van der Waals surface area (Å²) in [7, 11) is 0. The number of ether oxygens (including phenoxy) is 1. The number of halogens is 8. The van der Waals surface area contributed by atoms with Crippen LogP contribution in [0.15, 0.2) is 35.5 Å². The minimum absolute atomic E-state index is 0.184. The number of carbonyl (C=O) groups excluding carboxylic acids is 1. The zero-order valence-corrected chi connectivity index (χ0v) is 18.4. The van der Waals surface area contributed by atoms with Gasteiger partial charge >= 0.3 is 12.4 Å². The van der Waals surface area contributed by atoms with Crippen molar-refractivity contribution in [3.8, 4) is 0 Å². The molecule has 0 unspecified atom stereocenters. The largest absolute Gasteiger partial charge is 0.424 e. The van der Waals surface area contributed by atoms with E-state index in [-0.39, 0.29) is 11.1 Å². The van der Waals surface area contributed by atoms with Crippen LogP contribution in [0.4, 0.5) is 30.7 Å². The summed E-state index contributed by atoms with van der Waals surface area (Å²) < 4.78 is 97.9. The van der Waals surface area contributed by atoms with E-state index in [1.54, 1.807) is 0 Å². The highest BCUT2D eigenvalue weighted by molar-refractivity contribution is 6.33. The van der Waals surface area contributed by atoms with Gasteiger partial charge in [-0.3, -0.25) is 14.8 Å². The predicted molar refractivity (Wildman–Crippen MR) is 108 cm³/mol. The molecule has 0 radical (unpaired) electrons. The summed E-state index contributed by atoms with van der Waals surface area (Å²) in [5.74, 6) is -2.48. The molecular weight excluding hydrogens is 495 g/mol. The third-order valence-electron chi connectivity index (χ3n) is 5.45. The number of rotatable bonds is 4. The second-order valence-electron chi connectivity index (χ2n) is 8.06. The van der Waals surface area contributed by atoms with Crippen LogP contribution >= 0.6 is 11.6 Å². The molecule has 3 rings (SSSR count). The van der Waals surface area contributed by atoms with Gasteiger partial charge in [0.15, 0.2) is 5.78 Å². The van der Waals surface area contributed by atoms with E-state index >= 15 is 0 Å². The first-order valence-electron chi connectivity index (χ1n) is 9.59. The number of alkyl halides is 6. The number of pyridine rings is 1. The Morgan fingerprint density at radius 3 is 2.35 bits per heavy atom. The Labute approximate surface area is 193 Å². The Hall–Kier alpha value is -2.73. The van der Waals surface area contributed by atoms with E-state index in [1.807, 2.05) is 0 Å². The molecule has 0 fully saturated rings. The van der Waals surface area contributed by atoms with Crippen molar-refractivity contribution >= 4 is 23.2 Å². The van der Waals surface area contributed by atoms with E-state index in [9.17, 15) is 35.5 Å². The van der Waals surface area contributed by atoms with Gasteiger partial charge in [0.05, 0.1) is 17.2 Å². The number of nitrogens with zero attached hydrogens (tertiary/aromatic N) is 2. The lowest BCUT2D eigenvalue weighted by atomic mass is 9.88. The maximum absolute atomic E-state index is 14.6. The quantitative estimate of drug-likeness (QED) is 0.450. The summed E-state index contributed by atoms with van der Waals surface area (Å²) in [6.45, 7) is 1.36. The van der Waals surface area contributed by atoms with Gasteiger partial charge in [-0.25, -0.2) is 4.39 Å². The predicted octanol–water partition coefficient (Wildman–Crippen LogP) is 5.24. The fourth-order valence-electron chi connectivity index (χ4n) is 3.29. The number of hydrogen-bond acceptors (Lipinski definition) is 5. The molecular formula is C21H17ClF7N3O2. The third-order valence-corrected chi connectivity index (χ3v) is 5.74. The lowest BCUT2D eigenvalue weighted by molar-refractivity contribution is -0.249. The topological polar surface area (TPSA) is 77.6 Å². The van der Waals surface area contributed by atoms with Crippen molar-refractivity contribution in [3.05, 3.63) is 63.7 Å². The maximum Gasteiger partial charge on any atom is 0.424 e. The third kappa shape index (κ3) is 4.74. The summed E-state index contributed by atoms with van der Waals surface area (Å²) in [6, 6.07) is 3.97. The Morgan fingerprint density at radius 1 is 1.18 bits per heavy atom. The highest BCUT2D eigenvalue weighted by Gasteiger charge is 2.59. The molecule has 0 bridgehead atoms. The number of ketones is 1. The molecule has 184 valence electrons. The van der Waals surface area contributed by atoms with Crippen LogP contribution < -0.4 is 5.73 Å². The number of benzene rings is 1. The van der Waals surface area contributed by atoms with Crippen LogP contribution in [0.2, 0.25) is 5.02 Å². The minimum atomic E-state index is -4.86. The molecule has 0 amide bonds. The summed E-state index contributed by atoms with van der Waals surface area (Å²) in [5.41, 5.74) is -0.486. The van der Waals surface area contributed by atoms with Crippen LogP contribution in [-0.2, 0) is 22.9 Å². The molecule has 1 aliphatic rings. The van der Waals surface area contributed by atoms with Crippen LogP contribution in [0.25, 0.3) is 0 Å². The fourth-order valence-corrected chi connectivity index (χ4v) is 3.56. The molecule has 1 aliphatic heterocycles. The summed E-state index contributed by atoms with van der Waals surface area (Å²) in [4.78, 5) is 19.9. The molecule has 1 aromatic heterocycles. The zero-order chi connectivity index (χ0) is 25.7. The average Bonchev–Trinajstić information content (AvgIpc) is 2.70. The number of aromatic nitrogens is 1. The monoisotopic (exact) mass is 511 g/mol. The first-order chi connectivity index (χ1) is 15.5. The molecule has 2 atom stereocenters. The molecule has 5 nitrogen and oxygen atoms in total. The number of Topliss-reactive ketones (excluding diaryl/α,β-unsaturated/α-hetero) is 1.